The van der Waals surface area contributed by atoms with Crippen LogP contribution in [0.4, 0.5) is 15.8 Å². The van der Waals surface area contributed by atoms with Crippen molar-refractivity contribution in [1.82, 2.24) is 4.90 Å². The van der Waals surface area contributed by atoms with Crippen molar-refractivity contribution in [2.24, 2.45) is 5.73 Å². The lowest BCUT2D eigenvalue weighted by Crippen LogP contribution is -2.38. The zero-order chi connectivity index (χ0) is 22.9. The van der Waals surface area contributed by atoms with Crippen LogP contribution in [-0.2, 0) is 14.3 Å². The molecular formula is C22H25FN4O5. The van der Waals surface area contributed by atoms with Crippen LogP contribution in [0.2, 0.25) is 0 Å². The molecule has 1 aliphatic rings. The van der Waals surface area contributed by atoms with Crippen molar-refractivity contribution < 1.29 is 28.2 Å². The van der Waals surface area contributed by atoms with E-state index in [0.29, 0.717) is 31.2 Å². The quantitative estimate of drug-likeness (QED) is 0.540. The van der Waals surface area contributed by atoms with E-state index in [1.165, 1.54) is 24.3 Å². The van der Waals surface area contributed by atoms with Gasteiger partial charge >= 0.3 is 0 Å². The number of hydrogen-bond donors (Lipinski definition) is 3. The number of morpholine rings is 1. The zero-order valence-corrected chi connectivity index (χ0v) is 17.4. The summed E-state index contributed by atoms with van der Waals surface area (Å²) in [5.41, 5.74) is 5.75. The molecule has 2 aromatic rings. The first-order valence-electron chi connectivity index (χ1n) is 10.1. The Kier molecular flexibility index (Phi) is 8.12. The predicted octanol–water partition coefficient (Wildman–Crippen LogP) is 1.60. The van der Waals surface area contributed by atoms with Crippen LogP contribution in [0.1, 0.15) is 16.8 Å². The van der Waals surface area contributed by atoms with Gasteiger partial charge in [0.05, 0.1) is 18.9 Å². The Hall–Kier alpha value is -3.50. The number of nitrogens with zero attached hydrogens (tertiary/aromatic N) is 1. The number of ether oxygens (including phenoxy) is 2. The number of nitrogens with one attached hydrogen (secondary N) is 2. The maximum Gasteiger partial charge on any atom is 0.262 e. The highest BCUT2D eigenvalue weighted by Gasteiger charge is 2.14. The summed E-state index contributed by atoms with van der Waals surface area (Å²) >= 11 is 0. The van der Waals surface area contributed by atoms with E-state index in [9.17, 15) is 18.8 Å². The summed E-state index contributed by atoms with van der Waals surface area (Å²) < 4.78 is 24.7. The number of amides is 3. The minimum absolute atomic E-state index is 0.0233. The second kappa shape index (κ2) is 11.2. The van der Waals surface area contributed by atoms with E-state index >= 15 is 0 Å². The molecule has 9 nitrogen and oxygen atoms in total. The molecule has 0 aromatic heterocycles. The molecule has 0 atom stereocenters. The van der Waals surface area contributed by atoms with Crippen molar-refractivity contribution in [1.29, 1.82) is 0 Å². The summed E-state index contributed by atoms with van der Waals surface area (Å²) in [7, 11) is 0. The maximum atomic E-state index is 14.1. The molecule has 0 aliphatic carbocycles. The number of halogens is 1. The molecule has 2 aromatic carbocycles. The van der Waals surface area contributed by atoms with E-state index in [1.807, 2.05) is 0 Å². The van der Waals surface area contributed by atoms with E-state index in [0.717, 1.165) is 19.2 Å². The third-order valence-corrected chi connectivity index (χ3v) is 4.77. The Morgan fingerprint density at radius 3 is 2.59 bits per heavy atom. The molecule has 1 fully saturated rings. The van der Waals surface area contributed by atoms with Crippen LogP contribution < -0.4 is 21.1 Å². The van der Waals surface area contributed by atoms with Gasteiger partial charge in [-0.2, -0.15) is 0 Å². The summed E-state index contributed by atoms with van der Waals surface area (Å²) in [5, 5.41) is 5.12. The van der Waals surface area contributed by atoms with Gasteiger partial charge in [0.15, 0.2) is 6.61 Å². The van der Waals surface area contributed by atoms with E-state index < -0.39 is 17.6 Å². The number of benzene rings is 2. The van der Waals surface area contributed by atoms with Gasteiger partial charge < -0.3 is 25.8 Å². The van der Waals surface area contributed by atoms with Gasteiger partial charge in [0.1, 0.15) is 11.6 Å². The van der Waals surface area contributed by atoms with Crippen molar-refractivity contribution in [3.05, 3.63) is 53.8 Å². The standard InChI is InChI=1S/C22H25FN4O5/c23-18-5-4-16(13-19(18)26-20(28)6-7-27-8-10-31-11-9-27)25-21(29)14-32-17-3-1-2-15(12-17)22(24)30/h1-5,12-13H,6-11,14H2,(H2,24,30)(H,25,29)(H,26,28). The van der Waals surface area contributed by atoms with Crippen molar-refractivity contribution in [2.45, 2.75) is 6.42 Å². The van der Waals surface area contributed by atoms with Crippen molar-refractivity contribution in [3.8, 4) is 5.75 Å². The number of carbonyl (C=O) groups excluding carboxylic acids is 3. The zero-order valence-electron chi connectivity index (χ0n) is 17.4. The highest BCUT2D eigenvalue weighted by Crippen LogP contribution is 2.20. The molecular weight excluding hydrogens is 419 g/mol. The summed E-state index contributed by atoms with van der Waals surface area (Å²) in [6, 6.07) is 10.0. The summed E-state index contributed by atoms with van der Waals surface area (Å²) in [4.78, 5) is 37.7. The van der Waals surface area contributed by atoms with Gasteiger partial charge in [0.2, 0.25) is 11.8 Å². The molecule has 10 heteroatoms. The molecule has 4 N–H and O–H groups in total. The molecule has 0 unspecified atom stereocenters. The average molecular weight is 444 g/mol. The lowest BCUT2D eigenvalue weighted by Gasteiger charge is -2.26. The Morgan fingerprint density at radius 1 is 1.06 bits per heavy atom. The minimum atomic E-state index is -0.609. The maximum absolute atomic E-state index is 14.1. The van der Waals surface area contributed by atoms with Crippen molar-refractivity contribution in [3.63, 3.8) is 0 Å². The molecule has 0 saturated carbocycles. The molecule has 1 saturated heterocycles. The fourth-order valence-electron chi connectivity index (χ4n) is 3.08. The van der Waals surface area contributed by atoms with Crippen LogP contribution in [0.5, 0.6) is 5.75 Å². The lowest BCUT2D eigenvalue weighted by molar-refractivity contribution is -0.118. The molecule has 32 heavy (non-hydrogen) atoms. The Morgan fingerprint density at radius 2 is 1.84 bits per heavy atom. The van der Waals surface area contributed by atoms with E-state index in [-0.39, 0.29) is 30.2 Å². The lowest BCUT2D eigenvalue weighted by atomic mass is 10.2. The topological polar surface area (TPSA) is 123 Å². The van der Waals surface area contributed by atoms with Gasteiger partial charge in [-0.25, -0.2) is 4.39 Å². The van der Waals surface area contributed by atoms with Gasteiger partial charge in [-0.05, 0) is 36.4 Å². The first kappa shape index (κ1) is 23.2. The van der Waals surface area contributed by atoms with Crippen molar-refractivity contribution in [2.75, 3.05) is 50.1 Å². The number of primary amides is 1. The van der Waals surface area contributed by atoms with E-state index in [2.05, 4.69) is 15.5 Å². The Bertz CT molecular complexity index is 979. The minimum Gasteiger partial charge on any atom is -0.484 e. The highest BCUT2D eigenvalue weighted by molar-refractivity contribution is 5.95. The van der Waals surface area contributed by atoms with E-state index in [4.69, 9.17) is 15.2 Å². The normalized spacial score (nSPS) is 13.9. The smallest absolute Gasteiger partial charge is 0.262 e. The van der Waals surface area contributed by atoms with Gasteiger partial charge in [-0.1, -0.05) is 6.07 Å². The molecule has 1 aliphatic heterocycles. The Balaban J connectivity index is 1.50. The third kappa shape index (κ3) is 7.03. The van der Waals surface area contributed by atoms with Gasteiger partial charge in [0, 0.05) is 37.3 Å². The third-order valence-electron chi connectivity index (χ3n) is 4.77. The number of nitrogens with two attached hydrogens (primary N) is 1. The number of anilines is 2. The fourth-order valence-corrected chi connectivity index (χ4v) is 3.08. The molecule has 0 spiro atoms. The second-order valence-corrected chi connectivity index (χ2v) is 7.18. The first-order valence-corrected chi connectivity index (χ1v) is 10.1. The predicted molar refractivity (Wildman–Crippen MR) is 116 cm³/mol. The summed E-state index contributed by atoms with van der Waals surface area (Å²) in [6.45, 7) is 3.02. The SMILES string of the molecule is NC(=O)c1cccc(OCC(=O)Nc2ccc(F)c(NC(=O)CCN3CCOCC3)c2)c1. The second-order valence-electron chi connectivity index (χ2n) is 7.18. The van der Waals surface area contributed by atoms with E-state index in [1.54, 1.807) is 12.1 Å². The molecule has 1 heterocycles. The van der Waals surface area contributed by atoms with Crippen molar-refractivity contribution >= 4 is 29.1 Å². The van der Waals surface area contributed by atoms with Gasteiger partial charge in [-0.15, -0.1) is 0 Å². The van der Waals surface area contributed by atoms with Crippen LogP contribution in [0.3, 0.4) is 0 Å². The molecule has 3 amide bonds. The monoisotopic (exact) mass is 444 g/mol. The molecule has 170 valence electrons. The van der Waals surface area contributed by atoms with Gasteiger partial charge in [-0.3, -0.25) is 19.3 Å². The molecule has 3 rings (SSSR count). The fraction of sp³-hybridized carbons (Fsp3) is 0.318. The summed E-state index contributed by atoms with van der Waals surface area (Å²) in [6.07, 6.45) is 0.217. The molecule has 0 radical (unpaired) electrons. The largest absolute Gasteiger partial charge is 0.484 e. The van der Waals surface area contributed by atoms with Crippen LogP contribution >= 0.6 is 0 Å². The molecule has 0 bridgehead atoms. The average Bonchev–Trinajstić information content (AvgIpc) is 2.79. The van der Waals surface area contributed by atoms with Gasteiger partial charge in [0.25, 0.3) is 5.91 Å². The highest BCUT2D eigenvalue weighted by atomic mass is 19.1. The number of hydrogen-bond acceptors (Lipinski definition) is 6. The number of carbonyl (C=O) groups is 3. The van der Waals surface area contributed by atoms with Crippen LogP contribution in [-0.4, -0.2) is 62.1 Å². The van der Waals surface area contributed by atoms with Crippen LogP contribution in [0.25, 0.3) is 0 Å². The Labute approximate surface area is 184 Å². The van der Waals surface area contributed by atoms with Crippen LogP contribution in [0.15, 0.2) is 42.5 Å². The number of rotatable bonds is 9. The first-order chi connectivity index (χ1) is 15.4. The summed E-state index contributed by atoms with van der Waals surface area (Å²) in [5.74, 6) is -1.72. The van der Waals surface area contributed by atoms with Crippen LogP contribution in [0, 0.1) is 5.82 Å².